The van der Waals surface area contributed by atoms with Crippen LogP contribution in [-0.2, 0) is 12.8 Å². The number of halogens is 1. The molecule has 0 aliphatic carbocycles. The van der Waals surface area contributed by atoms with Gasteiger partial charge in [-0.25, -0.2) is 0 Å². The number of allylic oxidation sites excluding steroid dienone is 4. The van der Waals surface area contributed by atoms with Gasteiger partial charge >= 0.3 is 0 Å². The van der Waals surface area contributed by atoms with Gasteiger partial charge in [0.05, 0.1) is 0 Å². The fraction of sp³-hybridized carbons (Fsp3) is 0.320. The van der Waals surface area contributed by atoms with Gasteiger partial charge in [-0.1, -0.05) is 73.5 Å². The molecule has 28 heavy (non-hydrogen) atoms. The van der Waals surface area contributed by atoms with Crippen molar-refractivity contribution in [3.63, 3.8) is 0 Å². The standard InChI is InChI=1S/C25H30ClNO/c1-4-7-20(5-2)16-25(17-22-12-10-21(11-13-22)14-15-28)27-19(3)23-8-6-9-24(26)18-23/h6-13,16,18,28H,4-5,14-15,17H2,1-3H3/b20-7+,25-16-,27-19?. The number of hydrogen-bond donors (Lipinski definition) is 1. The quantitative estimate of drug-likeness (QED) is 0.378. The van der Waals surface area contributed by atoms with Crippen molar-refractivity contribution in [2.75, 3.05) is 6.61 Å². The third-order valence-corrected chi connectivity index (χ3v) is 4.82. The Morgan fingerprint density at radius 1 is 1.07 bits per heavy atom. The van der Waals surface area contributed by atoms with Gasteiger partial charge in [0.2, 0.25) is 0 Å². The Kier molecular flexibility index (Phi) is 9.19. The molecule has 0 aliphatic heterocycles. The highest BCUT2D eigenvalue weighted by Crippen LogP contribution is 2.18. The average molecular weight is 396 g/mol. The van der Waals surface area contributed by atoms with Crippen LogP contribution >= 0.6 is 11.6 Å². The summed E-state index contributed by atoms with van der Waals surface area (Å²) >= 11 is 6.15. The molecule has 0 saturated heterocycles. The van der Waals surface area contributed by atoms with Gasteiger partial charge in [0.25, 0.3) is 0 Å². The van der Waals surface area contributed by atoms with Crippen LogP contribution in [0.5, 0.6) is 0 Å². The van der Waals surface area contributed by atoms with Crippen molar-refractivity contribution < 1.29 is 5.11 Å². The van der Waals surface area contributed by atoms with Gasteiger partial charge in [-0.3, -0.25) is 4.99 Å². The minimum Gasteiger partial charge on any atom is -0.396 e. The molecule has 0 unspecified atom stereocenters. The van der Waals surface area contributed by atoms with Gasteiger partial charge in [-0.2, -0.15) is 0 Å². The number of aliphatic hydroxyl groups excluding tert-OH is 1. The summed E-state index contributed by atoms with van der Waals surface area (Å²) < 4.78 is 0. The van der Waals surface area contributed by atoms with E-state index in [9.17, 15) is 0 Å². The first kappa shape index (κ1) is 22.1. The van der Waals surface area contributed by atoms with Crippen molar-refractivity contribution in [1.29, 1.82) is 0 Å². The van der Waals surface area contributed by atoms with Crippen LogP contribution in [0.25, 0.3) is 0 Å². The summed E-state index contributed by atoms with van der Waals surface area (Å²) in [6, 6.07) is 16.2. The molecule has 0 spiro atoms. The van der Waals surface area contributed by atoms with Crippen molar-refractivity contribution in [1.82, 2.24) is 0 Å². The molecular weight excluding hydrogens is 366 g/mol. The van der Waals surface area contributed by atoms with E-state index in [0.29, 0.717) is 6.42 Å². The Labute approximate surface area is 174 Å². The summed E-state index contributed by atoms with van der Waals surface area (Å²) in [7, 11) is 0. The Bertz CT molecular complexity index is 847. The summed E-state index contributed by atoms with van der Waals surface area (Å²) in [6.07, 6.45) is 7.92. The molecule has 0 atom stereocenters. The van der Waals surface area contributed by atoms with Crippen molar-refractivity contribution in [2.24, 2.45) is 4.99 Å². The van der Waals surface area contributed by atoms with Gasteiger partial charge in [-0.15, -0.1) is 0 Å². The van der Waals surface area contributed by atoms with Crippen LogP contribution in [-0.4, -0.2) is 17.4 Å². The molecule has 148 valence electrons. The van der Waals surface area contributed by atoms with E-state index in [0.717, 1.165) is 46.8 Å². The number of nitrogens with zero attached hydrogens (tertiary/aromatic N) is 1. The van der Waals surface area contributed by atoms with Crippen LogP contribution in [0.2, 0.25) is 5.02 Å². The van der Waals surface area contributed by atoms with Gasteiger partial charge < -0.3 is 5.11 Å². The third-order valence-electron chi connectivity index (χ3n) is 4.59. The lowest BCUT2D eigenvalue weighted by atomic mass is 10.0. The summed E-state index contributed by atoms with van der Waals surface area (Å²) in [4.78, 5) is 4.95. The number of benzene rings is 2. The monoisotopic (exact) mass is 395 g/mol. The first-order valence-corrected chi connectivity index (χ1v) is 10.3. The Morgan fingerprint density at radius 3 is 2.39 bits per heavy atom. The molecule has 2 aromatic carbocycles. The lowest BCUT2D eigenvalue weighted by Crippen LogP contribution is -1.99. The van der Waals surface area contributed by atoms with Gasteiger partial charge in [0.1, 0.15) is 0 Å². The van der Waals surface area contributed by atoms with E-state index >= 15 is 0 Å². The number of aliphatic imine (C=N–C) groups is 1. The maximum absolute atomic E-state index is 9.10. The zero-order chi connectivity index (χ0) is 20.4. The molecule has 0 fully saturated rings. The second-order valence-corrected chi connectivity index (χ2v) is 7.29. The molecule has 0 radical (unpaired) electrons. The molecule has 1 N–H and O–H groups in total. The van der Waals surface area contributed by atoms with E-state index in [-0.39, 0.29) is 6.61 Å². The lowest BCUT2D eigenvalue weighted by molar-refractivity contribution is 0.299. The highest BCUT2D eigenvalue weighted by molar-refractivity contribution is 6.31. The largest absolute Gasteiger partial charge is 0.396 e. The SMILES string of the molecule is CC/C=C(/C=C(/Cc1ccc(CCO)cc1)N=C(C)c1cccc(Cl)c1)CC. The molecule has 0 saturated carbocycles. The Hall–Kier alpha value is -2.16. The number of aliphatic hydroxyl groups is 1. The molecule has 0 amide bonds. The number of hydrogen-bond acceptors (Lipinski definition) is 2. The van der Waals surface area contributed by atoms with Crippen LogP contribution in [0.15, 0.2) is 76.9 Å². The second kappa shape index (κ2) is 11.6. The van der Waals surface area contributed by atoms with E-state index in [1.54, 1.807) is 0 Å². The van der Waals surface area contributed by atoms with Crippen LogP contribution in [0.3, 0.4) is 0 Å². The van der Waals surface area contributed by atoms with Gasteiger partial charge in [0.15, 0.2) is 0 Å². The summed E-state index contributed by atoms with van der Waals surface area (Å²) in [5, 5.41) is 9.82. The zero-order valence-electron chi connectivity index (χ0n) is 17.1. The van der Waals surface area contributed by atoms with Crippen LogP contribution in [0.4, 0.5) is 0 Å². The molecular formula is C25H30ClNO. The predicted octanol–water partition coefficient (Wildman–Crippen LogP) is 6.56. The van der Waals surface area contributed by atoms with E-state index < -0.39 is 0 Å². The molecule has 0 bridgehead atoms. The van der Waals surface area contributed by atoms with Crippen LogP contribution < -0.4 is 0 Å². The molecule has 0 aromatic heterocycles. The minimum atomic E-state index is 0.176. The summed E-state index contributed by atoms with van der Waals surface area (Å²) in [5.74, 6) is 0. The fourth-order valence-electron chi connectivity index (χ4n) is 3.06. The molecule has 3 heteroatoms. The topological polar surface area (TPSA) is 32.6 Å². The van der Waals surface area contributed by atoms with E-state index in [1.165, 1.54) is 11.1 Å². The normalized spacial score (nSPS) is 13.1. The first-order valence-electron chi connectivity index (χ1n) is 9.95. The average Bonchev–Trinajstić information content (AvgIpc) is 2.69. The highest BCUT2D eigenvalue weighted by Gasteiger charge is 2.05. The van der Waals surface area contributed by atoms with Crippen LogP contribution in [0.1, 0.15) is 50.3 Å². The molecule has 2 aromatic rings. The maximum atomic E-state index is 9.10. The van der Waals surface area contributed by atoms with Gasteiger partial charge in [-0.05, 0) is 61.1 Å². The maximum Gasteiger partial charge on any atom is 0.0471 e. The fourth-order valence-corrected chi connectivity index (χ4v) is 3.25. The van der Waals surface area contributed by atoms with E-state index in [4.69, 9.17) is 21.7 Å². The Morgan fingerprint density at radius 2 is 1.79 bits per heavy atom. The summed E-state index contributed by atoms with van der Waals surface area (Å²) in [5.41, 5.74) is 6.69. The lowest BCUT2D eigenvalue weighted by Gasteiger charge is -2.09. The van der Waals surface area contributed by atoms with Crippen molar-refractivity contribution in [2.45, 2.75) is 46.5 Å². The second-order valence-electron chi connectivity index (χ2n) is 6.85. The summed E-state index contributed by atoms with van der Waals surface area (Å²) in [6.45, 7) is 6.53. The van der Waals surface area contributed by atoms with Crippen molar-refractivity contribution in [3.8, 4) is 0 Å². The van der Waals surface area contributed by atoms with Gasteiger partial charge in [0, 0.05) is 29.5 Å². The Balaban J connectivity index is 2.35. The van der Waals surface area contributed by atoms with Crippen molar-refractivity contribution in [3.05, 3.63) is 93.7 Å². The molecule has 2 nitrogen and oxygen atoms in total. The minimum absolute atomic E-state index is 0.176. The van der Waals surface area contributed by atoms with Crippen molar-refractivity contribution >= 4 is 17.3 Å². The first-order chi connectivity index (χ1) is 13.5. The molecule has 2 rings (SSSR count). The smallest absolute Gasteiger partial charge is 0.0471 e. The number of rotatable bonds is 9. The third kappa shape index (κ3) is 7.10. The van der Waals surface area contributed by atoms with E-state index in [2.05, 4.69) is 50.3 Å². The predicted molar refractivity (Wildman–Crippen MR) is 121 cm³/mol. The van der Waals surface area contributed by atoms with E-state index in [1.807, 2.05) is 31.2 Å². The molecule has 0 aliphatic rings. The van der Waals surface area contributed by atoms with Crippen LogP contribution in [0, 0.1) is 0 Å². The zero-order valence-corrected chi connectivity index (χ0v) is 17.8. The molecule has 0 heterocycles. The highest BCUT2D eigenvalue weighted by atomic mass is 35.5.